The maximum absolute atomic E-state index is 12.4. The van der Waals surface area contributed by atoms with Gasteiger partial charge < -0.3 is 14.5 Å². The SMILES string of the molecule is CC(C)Cc1ccc(-c2nc(-c3cccc4c3C[C@H]3CC(=O)N(CCO)[C@@H]43)no2)c(C#N)c1. The summed E-state index contributed by atoms with van der Waals surface area (Å²) >= 11 is 0. The zero-order valence-corrected chi connectivity index (χ0v) is 18.8. The van der Waals surface area contributed by atoms with Gasteiger partial charge in [-0.15, -0.1) is 0 Å². The van der Waals surface area contributed by atoms with Gasteiger partial charge in [0.25, 0.3) is 5.89 Å². The summed E-state index contributed by atoms with van der Waals surface area (Å²) in [6.07, 6.45) is 2.16. The molecule has 1 aromatic heterocycles. The predicted molar refractivity (Wildman–Crippen MR) is 122 cm³/mol. The third-order valence-electron chi connectivity index (χ3n) is 6.62. The van der Waals surface area contributed by atoms with Crippen LogP contribution in [0.15, 0.2) is 40.9 Å². The third kappa shape index (κ3) is 3.70. The first-order valence-electron chi connectivity index (χ1n) is 11.4. The summed E-state index contributed by atoms with van der Waals surface area (Å²) in [6.45, 7) is 4.60. The van der Waals surface area contributed by atoms with Crippen molar-refractivity contribution in [3.63, 3.8) is 0 Å². The number of hydrogen-bond donors (Lipinski definition) is 1. The molecule has 0 spiro atoms. The van der Waals surface area contributed by atoms with Gasteiger partial charge in [0.1, 0.15) is 0 Å². The molecule has 0 bridgehead atoms. The van der Waals surface area contributed by atoms with Crippen LogP contribution in [-0.2, 0) is 17.6 Å². The van der Waals surface area contributed by atoms with E-state index < -0.39 is 0 Å². The van der Waals surface area contributed by atoms with Gasteiger partial charge in [0.2, 0.25) is 11.7 Å². The Morgan fingerprint density at radius 3 is 2.85 bits per heavy atom. The molecule has 2 heterocycles. The van der Waals surface area contributed by atoms with E-state index in [-0.39, 0.29) is 24.5 Å². The first-order valence-corrected chi connectivity index (χ1v) is 11.4. The Morgan fingerprint density at radius 2 is 2.09 bits per heavy atom. The number of carbonyl (C=O) groups is 1. The molecule has 2 atom stereocenters. The molecule has 7 heteroatoms. The number of β-amino-alcohol motifs (C(OH)–C–C–N with tert-alkyl or cyclic N) is 1. The summed E-state index contributed by atoms with van der Waals surface area (Å²) in [4.78, 5) is 18.8. The molecule has 168 valence electrons. The number of nitrogens with zero attached hydrogens (tertiary/aromatic N) is 4. The summed E-state index contributed by atoms with van der Waals surface area (Å²) in [5.41, 5.74) is 5.38. The van der Waals surface area contributed by atoms with E-state index in [2.05, 4.69) is 36.1 Å². The zero-order chi connectivity index (χ0) is 23.1. The van der Waals surface area contributed by atoms with Crippen LogP contribution in [-0.4, -0.2) is 39.2 Å². The second-order valence-electron chi connectivity index (χ2n) is 9.31. The van der Waals surface area contributed by atoms with Crippen LogP contribution in [0.4, 0.5) is 0 Å². The second-order valence-corrected chi connectivity index (χ2v) is 9.31. The van der Waals surface area contributed by atoms with Crippen molar-refractivity contribution in [2.45, 2.75) is 39.2 Å². The average Bonchev–Trinajstić information content (AvgIpc) is 3.48. The number of rotatable bonds is 6. The highest BCUT2D eigenvalue weighted by molar-refractivity contribution is 5.81. The standard InChI is InChI=1S/C26H26N4O3/c1-15(2)10-16-6-7-19(18(11-16)14-27)26-28-25(29-33-26)21-5-3-4-20-22(21)12-17-13-23(32)30(8-9-31)24(17)20/h3-7,11,15,17,24,31H,8-10,12-13H2,1-2H3/t17-,24+/m0/s1. The van der Waals surface area contributed by atoms with Gasteiger partial charge in [0, 0.05) is 18.5 Å². The number of aliphatic hydroxyl groups excluding tert-OH is 1. The fourth-order valence-electron chi connectivity index (χ4n) is 5.33. The molecule has 2 aliphatic rings. The van der Waals surface area contributed by atoms with Crippen molar-refractivity contribution < 1.29 is 14.4 Å². The average molecular weight is 443 g/mol. The highest BCUT2D eigenvalue weighted by Gasteiger charge is 2.46. The van der Waals surface area contributed by atoms with Crippen molar-refractivity contribution in [1.82, 2.24) is 15.0 Å². The monoisotopic (exact) mass is 442 g/mol. The predicted octanol–water partition coefficient (Wildman–Crippen LogP) is 3.91. The largest absolute Gasteiger partial charge is 0.395 e. The lowest BCUT2D eigenvalue weighted by Gasteiger charge is -2.24. The van der Waals surface area contributed by atoms with Crippen LogP contribution in [0.3, 0.4) is 0 Å². The van der Waals surface area contributed by atoms with Crippen molar-refractivity contribution in [3.05, 3.63) is 58.7 Å². The van der Waals surface area contributed by atoms with E-state index in [4.69, 9.17) is 4.52 Å². The number of likely N-dealkylation sites (tertiary alicyclic amines) is 1. The highest BCUT2D eigenvalue weighted by Crippen LogP contribution is 2.49. The zero-order valence-electron chi connectivity index (χ0n) is 18.8. The molecule has 3 aromatic rings. The molecule has 2 aromatic carbocycles. The molecule has 0 saturated carbocycles. The van der Waals surface area contributed by atoms with Crippen LogP contribution in [0, 0.1) is 23.2 Å². The van der Waals surface area contributed by atoms with Gasteiger partial charge in [-0.3, -0.25) is 4.79 Å². The minimum absolute atomic E-state index is 0.00957. The van der Waals surface area contributed by atoms with Crippen molar-refractivity contribution in [2.75, 3.05) is 13.2 Å². The number of benzene rings is 2. The fourth-order valence-corrected chi connectivity index (χ4v) is 5.33. The van der Waals surface area contributed by atoms with Crippen molar-refractivity contribution in [2.24, 2.45) is 11.8 Å². The van der Waals surface area contributed by atoms with E-state index in [0.29, 0.717) is 41.7 Å². The lowest BCUT2D eigenvalue weighted by atomic mass is 9.98. The quantitative estimate of drug-likeness (QED) is 0.621. The lowest BCUT2D eigenvalue weighted by molar-refractivity contribution is -0.129. The first-order chi connectivity index (χ1) is 16.0. The van der Waals surface area contributed by atoms with Crippen LogP contribution in [0.5, 0.6) is 0 Å². The van der Waals surface area contributed by atoms with Gasteiger partial charge in [0.15, 0.2) is 0 Å². The maximum Gasteiger partial charge on any atom is 0.259 e. The van der Waals surface area contributed by atoms with Gasteiger partial charge in [-0.2, -0.15) is 10.2 Å². The molecular weight excluding hydrogens is 416 g/mol. The molecule has 1 amide bonds. The summed E-state index contributed by atoms with van der Waals surface area (Å²) < 4.78 is 5.59. The van der Waals surface area contributed by atoms with Gasteiger partial charge in [-0.25, -0.2) is 0 Å². The third-order valence-corrected chi connectivity index (χ3v) is 6.62. The van der Waals surface area contributed by atoms with Gasteiger partial charge in [0.05, 0.1) is 29.8 Å². The van der Waals surface area contributed by atoms with Crippen LogP contribution in [0.2, 0.25) is 0 Å². The van der Waals surface area contributed by atoms with Crippen LogP contribution >= 0.6 is 0 Å². The van der Waals surface area contributed by atoms with Crippen molar-refractivity contribution >= 4 is 5.91 Å². The number of nitriles is 1. The Labute approximate surface area is 192 Å². The molecule has 7 nitrogen and oxygen atoms in total. The molecule has 0 radical (unpaired) electrons. The number of fused-ring (bicyclic) bond motifs is 3. The van der Waals surface area contributed by atoms with Crippen molar-refractivity contribution in [3.8, 4) is 28.9 Å². The van der Waals surface area contributed by atoms with E-state index in [9.17, 15) is 15.2 Å². The number of carbonyl (C=O) groups excluding carboxylic acids is 1. The summed E-state index contributed by atoms with van der Waals surface area (Å²) in [5.74, 6) is 1.61. The summed E-state index contributed by atoms with van der Waals surface area (Å²) in [6, 6.07) is 14.0. The maximum atomic E-state index is 12.4. The highest BCUT2D eigenvalue weighted by atomic mass is 16.5. The summed E-state index contributed by atoms with van der Waals surface area (Å²) in [7, 11) is 0. The van der Waals surface area contributed by atoms with Crippen molar-refractivity contribution in [1.29, 1.82) is 5.26 Å². The molecule has 1 aliphatic heterocycles. The normalized spacial score (nSPS) is 19.1. The Balaban J connectivity index is 1.49. The van der Waals surface area contributed by atoms with Crippen LogP contribution in [0.25, 0.3) is 22.8 Å². The van der Waals surface area contributed by atoms with E-state index in [1.165, 1.54) is 0 Å². The molecule has 33 heavy (non-hydrogen) atoms. The number of hydrogen-bond acceptors (Lipinski definition) is 6. The number of aromatic nitrogens is 2. The Hall–Kier alpha value is -3.50. The van der Waals surface area contributed by atoms with Crippen LogP contribution < -0.4 is 0 Å². The molecule has 1 fully saturated rings. The fraction of sp³-hybridized carbons (Fsp3) is 0.385. The minimum atomic E-state index is -0.0463. The topological polar surface area (TPSA) is 103 Å². The minimum Gasteiger partial charge on any atom is -0.395 e. The van der Waals surface area contributed by atoms with Gasteiger partial charge in [-0.1, -0.05) is 43.3 Å². The Kier molecular flexibility index (Phi) is 5.47. The van der Waals surface area contributed by atoms with Gasteiger partial charge in [-0.05, 0) is 53.5 Å². The van der Waals surface area contributed by atoms with E-state index in [1.807, 2.05) is 30.3 Å². The Bertz CT molecular complexity index is 1260. The summed E-state index contributed by atoms with van der Waals surface area (Å²) in [5, 5.41) is 23.3. The van der Waals surface area contributed by atoms with E-state index >= 15 is 0 Å². The van der Waals surface area contributed by atoms with Gasteiger partial charge >= 0.3 is 0 Å². The molecule has 5 rings (SSSR count). The number of aliphatic hydroxyl groups is 1. The molecule has 1 saturated heterocycles. The lowest BCUT2D eigenvalue weighted by Crippen LogP contribution is -2.30. The second kappa shape index (κ2) is 8.45. The molecule has 1 N–H and O–H groups in total. The molecule has 1 aliphatic carbocycles. The number of amides is 1. The molecular formula is C26H26N4O3. The smallest absolute Gasteiger partial charge is 0.259 e. The Morgan fingerprint density at radius 1 is 1.24 bits per heavy atom. The van der Waals surface area contributed by atoms with E-state index in [0.717, 1.165) is 35.1 Å². The first kappa shape index (κ1) is 21.4. The van der Waals surface area contributed by atoms with E-state index in [1.54, 1.807) is 4.90 Å². The van der Waals surface area contributed by atoms with Crippen LogP contribution in [0.1, 0.15) is 48.6 Å². The molecule has 0 unspecified atom stereocenters.